The molecule has 0 heteroatoms. The van der Waals surface area contributed by atoms with Crippen LogP contribution in [-0.4, -0.2) is 0 Å². The Morgan fingerprint density at radius 2 is 0.926 bits per heavy atom. The molecular formula is C27H32. The van der Waals surface area contributed by atoms with E-state index >= 15 is 0 Å². The molecule has 0 aromatic heterocycles. The molecule has 0 aliphatic rings. The van der Waals surface area contributed by atoms with Crippen molar-refractivity contribution in [3.63, 3.8) is 0 Å². The molecule has 3 rings (SSSR count). The molecule has 0 atom stereocenters. The van der Waals surface area contributed by atoms with Crippen LogP contribution in [0.1, 0.15) is 58.2 Å². The minimum atomic E-state index is 0.0696. The van der Waals surface area contributed by atoms with Crippen molar-refractivity contribution in [2.24, 2.45) is 0 Å². The van der Waals surface area contributed by atoms with Gasteiger partial charge in [0, 0.05) is 0 Å². The van der Waals surface area contributed by atoms with Crippen LogP contribution in [0.4, 0.5) is 0 Å². The first kappa shape index (κ1) is 19.4. The smallest absolute Gasteiger partial charge is 0.0125 e. The molecule has 0 amide bonds. The number of hydrogen-bond acceptors (Lipinski definition) is 0. The SMILES string of the molecule is Cc1ccc(-c2cc(C(C)(C)C)c(-c3ccccc3)cc2C(C)(C)C)cc1. The Hall–Kier alpha value is -2.34. The van der Waals surface area contributed by atoms with E-state index in [0.717, 1.165) is 0 Å². The minimum absolute atomic E-state index is 0.0696. The second kappa shape index (κ2) is 7.00. The Morgan fingerprint density at radius 1 is 0.519 bits per heavy atom. The summed E-state index contributed by atoms with van der Waals surface area (Å²) < 4.78 is 0. The molecule has 0 saturated carbocycles. The lowest BCUT2D eigenvalue weighted by Gasteiger charge is -2.30. The first-order valence-corrected chi connectivity index (χ1v) is 9.89. The van der Waals surface area contributed by atoms with Gasteiger partial charge in [0.05, 0.1) is 0 Å². The second-order valence-electron chi connectivity index (χ2n) is 9.68. The molecule has 0 saturated heterocycles. The minimum Gasteiger partial charge on any atom is -0.0622 e. The molecule has 0 heterocycles. The van der Waals surface area contributed by atoms with Crippen molar-refractivity contribution in [3.8, 4) is 22.3 Å². The summed E-state index contributed by atoms with van der Waals surface area (Å²) in [6.45, 7) is 16.0. The van der Waals surface area contributed by atoms with Crippen LogP contribution in [0.3, 0.4) is 0 Å². The summed E-state index contributed by atoms with van der Waals surface area (Å²) in [7, 11) is 0. The van der Waals surface area contributed by atoms with Gasteiger partial charge in [-0.05, 0) is 63.3 Å². The van der Waals surface area contributed by atoms with Gasteiger partial charge in [-0.3, -0.25) is 0 Å². The van der Waals surface area contributed by atoms with Crippen molar-refractivity contribution in [2.75, 3.05) is 0 Å². The maximum Gasteiger partial charge on any atom is -0.0125 e. The summed E-state index contributed by atoms with van der Waals surface area (Å²) in [5.74, 6) is 0. The van der Waals surface area contributed by atoms with Crippen molar-refractivity contribution in [1.29, 1.82) is 0 Å². The maximum atomic E-state index is 2.44. The van der Waals surface area contributed by atoms with Gasteiger partial charge in [-0.2, -0.15) is 0 Å². The summed E-state index contributed by atoms with van der Waals surface area (Å²) in [5, 5.41) is 0. The van der Waals surface area contributed by atoms with Crippen LogP contribution in [0.2, 0.25) is 0 Å². The van der Waals surface area contributed by atoms with Crippen LogP contribution in [0.25, 0.3) is 22.3 Å². The summed E-state index contributed by atoms with van der Waals surface area (Å²) in [4.78, 5) is 0. The monoisotopic (exact) mass is 356 g/mol. The van der Waals surface area contributed by atoms with Crippen molar-refractivity contribution in [3.05, 3.63) is 83.4 Å². The zero-order valence-corrected chi connectivity index (χ0v) is 17.9. The van der Waals surface area contributed by atoms with Crippen LogP contribution in [-0.2, 0) is 10.8 Å². The summed E-state index contributed by atoms with van der Waals surface area (Å²) in [6.07, 6.45) is 0. The topological polar surface area (TPSA) is 0 Å². The average Bonchev–Trinajstić information content (AvgIpc) is 2.60. The fraction of sp³-hybridized carbons (Fsp3) is 0.333. The summed E-state index contributed by atoms with van der Waals surface area (Å²) >= 11 is 0. The summed E-state index contributed by atoms with van der Waals surface area (Å²) in [6, 6.07) is 24.6. The van der Waals surface area contributed by atoms with Gasteiger partial charge in [-0.1, -0.05) is 102 Å². The van der Waals surface area contributed by atoms with Crippen LogP contribution < -0.4 is 0 Å². The third-order valence-electron chi connectivity index (χ3n) is 5.22. The third kappa shape index (κ3) is 4.16. The highest BCUT2D eigenvalue weighted by Gasteiger charge is 2.26. The molecule has 0 aliphatic heterocycles. The largest absolute Gasteiger partial charge is 0.0622 e. The van der Waals surface area contributed by atoms with Crippen molar-refractivity contribution in [2.45, 2.75) is 59.3 Å². The Balaban J connectivity index is 2.36. The molecule has 0 nitrogen and oxygen atoms in total. The molecule has 3 aromatic carbocycles. The van der Waals surface area contributed by atoms with Gasteiger partial charge in [0.2, 0.25) is 0 Å². The highest BCUT2D eigenvalue weighted by Crippen LogP contribution is 2.42. The van der Waals surface area contributed by atoms with Gasteiger partial charge in [-0.15, -0.1) is 0 Å². The molecule has 27 heavy (non-hydrogen) atoms. The Bertz CT molecular complexity index is 915. The number of hydrogen-bond donors (Lipinski definition) is 0. The molecule has 0 bridgehead atoms. The normalized spacial score (nSPS) is 12.3. The Labute approximate surface area is 165 Å². The van der Waals surface area contributed by atoms with Gasteiger partial charge in [0.1, 0.15) is 0 Å². The highest BCUT2D eigenvalue weighted by molar-refractivity contribution is 5.78. The lowest BCUT2D eigenvalue weighted by Crippen LogP contribution is -2.18. The van der Waals surface area contributed by atoms with Gasteiger partial charge in [-0.25, -0.2) is 0 Å². The second-order valence-corrected chi connectivity index (χ2v) is 9.68. The third-order valence-corrected chi connectivity index (χ3v) is 5.22. The van der Waals surface area contributed by atoms with Gasteiger partial charge < -0.3 is 0 Å². The zero-order valence-electron chi connectivity index (χ0n) is 17.9. The predicted octanol–water partition coefficient (Wildman–Crippen LogP) is 7.92. The van der Waals surface area contributed by atoms with Crippen molar-refractivity contribution in [1.82, 2.24) is 0 Å². The number of benzene rings is 3. The van der Waals surface area contributed by atoms with Crippen molar-refractivity contribution < 1.29 is 0 Å². The average molecular weight is 357 g/mol. The Kier molecular flexibility index (Phi) is 5.04. The van der Waals surface area contributed by atoms with E-state index in [9.17, 15) is 0 Å². The molecule has 0 aliphatic carbocycles. The van der Waals surface area contributed by atoms with Gasteiger partial charge in [0.25, 0.3) is 0 Å². The highest BCUT2D eigenvalue weighted by atomic mass is 14.3. The zero-order chi connectivity index (χ0) is 19.8. The van der Waals surface area contributed by atoms with Gasteiger partial charge in [0.15, 0.2) is 0 Å². The molecule has 0 N–H and O–H groups in total. The number of rotatable bonds is 2. The molecule has 0 radical (unpaired) electrons. The van der Waals surface area contributed by atoms with Crippen LogP contribution >= 0.6 is 0 Å². The molecule has 0 spiro atoms. The molecular weight excluding hydrogens is 324 g/mol. The first-order chi connectivity index (χ1) is 12.6. The van der Waals surface area contributed by atoms with E-state index in [1.807, 2.05) is 0 Å². The van der Waals surface area contributed by atoms with Crippen LogP contribution in [0, 0.1) is 6.92 Å². The lowest BCUT2D eigenvalue weighted by molar-refractivity contribution is 0.580. The van der Waals surface area contributed by atoms with Crippen LogP contribution in [0.5, 0.6) is 0 Å². The van der Waals surface area contributed by atoms with Gasteiger partial charge >= 0.3 is 0 Å². The molecule has 3 aromatic rings. The van der Waals surface area contributed by atoms with E-state index in [-0.39, 0.29) is 10.8 Å². The predicted molar refractivity (Wildman–Crippen MR) is 119 cm³/mol. The van der Waals surface area contributed by atoms with E-state index in [4.69, 9.17) is 0 Å². The lowest BCUT2D eigenvalue weighted by atomic mass is 9.74. The van der Waals surface area contributed by atoms with E-state index in [2.05, 4.69) is 115 Å². The molecule has 140 valence electrons. The molecule has 0 unspecified atom stereocenters. The quantitative estimate of drug-likeness (QED) is 0.437. The Morgan fingerprint density at radius 3 is 1.33 bits per heavy atom. The van der Waals surface area contributed by atoms with E-state index in [0.29, 0.717) is 0 Å². The maximum absolute atomic E-state index is 2.44. The first-order valence-electron chi connectivity index (χ1n) is 9.89. The van der Waals surface area contributed by atoms with E-state index in [1.54, 1.807) is 0 Å². The van der Waals surface area contributed by atoms with Crippen molar-refractivity contribution >= 4 is 0 Å². The summed E-state index contributed by atoms with van der Waals surface area (Å²) in [5.41, 5.74) is 9.54. The molecule has 0 fully saturated rings. The van der Waals surface area contributed by atoms with Crippen LogP contribution in [0.15, 0.2) is 66.7 Å². The fourth-order valence-electron chi connectivity index (χ4n) is 3.67. The van der Waals surface area contributed by atoms with E-state index in [1.165, 1.54) is 38.9 Å². The van der Waals surface area contributed by atoms with E-state index < -0.39 is 0 Å². The standard InChI is InChI=1S/C27H32/c1-19-13-15-21(16-14-19)23-18-24(26(2,3)4)22(17-25(23)27(5,6)7)20-11-9-8-10-12-20/h8-18H,1-7H3. The number of aryl methyl sites for hydroxylation is 1. The fourth-order valence-corrected chi connectivity index (χ4v) is 3.67.